The number of carbonyl (C=O) groups is 2. The fraction of sp³-hybridized carbons (Fsp3) is 0.500. The third-order valence-corrected chi connectivity index (χ3v) is 3.43. The third-order valence-electron chi connectivity index (χ3n) is 3.43. The predicted molar refractivity (Wildman–Crippen MR) is 116 cm³/mol. The number of nitrogens with one attached hydrogen (secondary N) is 2. The molecule has 2 heterocycles. The van der Waals surface area contributed by atoms with Crippen molar-refractivity contribution in [2.24, 2.45) is 10.7 Å². The highest BCUT2D eigenvalue weighted by atomic mass is 16.5. The third kappa shape index (κ3) is 12.6. The normalized spacial score (nSPS) is 11.7. The van der Waals surface area contributed by atoms with E-state index >= 15 is 0 Å². The van der Waals surface area contributed by atoms with Gasteiger partial charge in [-0.2, -0.15) is 0 Å². The summed E-state index contributed by atoms with van der Waals surface area (Å²) in [4.78, 5) is 29.7. The SMILES string of the molecule is CCCNC(=O)C1=Cc2cccnc2N=C(N)C1.CNCCO.COCCOC=O. The number of likely N-dealkylation sites (N-methyl/N-ethyl adjacent to an activating group) is 1. The second kappa shape index (κ2) is 18.2. The molecule has 1 aromatic heterocycles. The zero-order valence-electron chi connectivity index (χ0n) is 17.9. The van der Waals surface area contributed by atoms with Gasteiger partial charge in [0.2, 0.25) is 5.91 Å². The summed E-state index contributed by atoms with van der Waals surface area (Å²) < 4.78 is 8.83. The van der Waals surface area contributed by atoms with Gasteiger partial charge in [0.05, 0.1) is 13.2 Å². The van der Waals surface area contributed by atoms with Crippen LogP contribution in [0.3, 0.4) is 0 Å². The molecule has 0 saturated heterocycles. The molecule has 1 aliphatic heterocycles. The smallest absolute Gasteiger partial charge is 0.293 e. The first kappa shape index (κ1) is 27.2. The number of nitrogens with two attached hydrogens (primary N) is 1. The first-order valence-electron chi connectivity index (χ1n) is 9.60. The van der Waals surface area contributed by atoms with Crippen LogP contribution in [-0.4, -0.2) is 75.4 Å². The Balaban J connectivity index is 0.000000581. The number of methoxy groups -OCH3 is 1. The Labute approximate surface area is 177 Å². The topological polar surface area (TPSA) is 148 Å². The van der Waals surface area contributed by atoms with Gasteiger partial charge >= 0.3 is 0 Å². The van der Waals surface area contributed by atoms with Crippen molar-refractivity contribution < 1.29 is 24.2 Å². The molecule has 0 fully saturated rings. The van der Waals surface area contributed by atoms with Gasteiger partial charge in [0.1, 0.15) is 12.4 Å². The molecule has 30 heavy (non-hydrogen) atoms. The van der Waals surface area contributed by atoms with Crippen LogP contribution in [0.25, 0.3) is 6.08 Å². The number of aliphatic imine (C=N–C) groups is 1. The minimum Gasteiger partial charge on any atom is -0.465 e. The van der Waals surface area contributed by atoms with Crippen molar-refractivity contribution in [2.45, 2.75) is 19.8 Å². The molecule has 1 aliphatic rings. The van der Waals surface area contributed by atoms with Crippen LogP contribution in [0.5, 0.6) is 0 Å². The molecule has 0 radical (unpaired) electrons. The molecular weight excluding hydrogens is 390 g/mol. The highest BCUT2D eigenvalue weighted by molar-refractivity contribution is 6.05. The Morgan fingerprint density at radius 1 is 1.37 bits per heavy atom. The van der Waals surface area contributed by atoms with E-state index in [-0.39, 0.29) is 12.5 Å². The number of hydrogen-bond acceptors (Lipinski definition) is 9. The first-order valence-corrected chi connectivity index (χ1v) is 9.60. The van der Waals surface area contributed by atoms with Crippen LogP contribution < -0.4 is 16.4 Å². The lowest BCUT2D eigenvalue weighted by atomic mass is 10.1. The van der Waals surface area contributed by atoms with E-state index in [9.17, 15) is 9.59 Å². The largest absolute Gasteiger partial charge is 0.465 e. The Bertz CT molecular complexity index is 677. The van der Waals surface area contributed by atoms with Gasteiger partial charge in [0, 0.05) is 44.0 Å². The summed E-state index contributed by atoms with van der Waals surface area (Å²) in [6.07, 6.45) is 4.72. The van der Waals surface area contributed by atoms with E-state index in [4.69, 9.17) is 10.8 Å². The standard InChI is InChI=1S/C13H16N4O.C4H8O3.C3H9NO/c1-2-5-16-13(18)10-7-9-4-3-6-15-12(9)17-11(14)8-10;1-6-2-3-7-4-5;1-4-2-3-5/h3-4,6-7H,2,5,8H2,1H3,(H,16,18)(H2,14,15,17);4H,2-3H2,1H3;4-5H,2-3H2,1H3. The molecule has 10 nitrogen and oxygen atoms in total. The van der Waals surface area contributed by atoms with Crippen molar-refractivity contribution in [2.75, 3.05) is 47.1 Å². The molecule has 0 aromatic carbocycles. The molecule has 0 saturated carbocycles. The molecule has 5 N–H and O–H groups in total. The van der Waals surface area contributed by atoms with Crippen molar-refractivity contribution in [3.05, 3.63) is 29.5 Å². The van der Waals surface area contributed by atoms with E-state index in [1.165, 1.54) is 0 Å². The van der Waals surface area contributed by atoms with Crippen LogP contribution in [0.4, 0.5) is 5.82 Å². The lowest BCUT2D eigenvalue weighted by molar-refractivity contribution is -0.129. The number of aliphatic hydroxyl groups excluding tert-OH is 1. The maximum Gasteiger partial charge on any atom is 0.293 e. The minimum atomic E-state index is -0.0910. The molecule has 1 aromatic rings. The average Bonchev–Trinajstić information content (AvgIpc) is 2.92. The van der Waals surface area contributed by atoms with E-state index in [1.54, 1.807) is 26.4 Å². The lowest BCUT2D eigenvalue weighted by Crippen LogP contribution is -2.27. The maximum absolute atomic E-state index is 12.0. The lowest BCUT2D eigenvalue weighted by Gasteiger charge is -2.06. The van der Waals surface area contributed by atoms with Gasteiger partial charge in [-0.3, -0.25) is 9.59 Å². The van der Waals surface area contributed by atoms with Gasteiger partial charge in [0.15, 0.2) is 5.82 Å². The van der Waals surface area contributed by atoms with Gasteiger partial charge < -0.3 is 30.9 Å². The second-order valence-electron chi connectivity index (χ2n) is 5.91. The van der Waals surface area contributed by atoms with Crippen molar-refractivity contribution in [1.82, 2.24) is 15.6 Å². The number of amidine groups is 1. The number of carbonyl (C=O) groups excluding carboxylic acids is 2. The molecule has 0 unspecified atom stereocenters. The van der Waals surface area contributed by atoms with E-state index in [2.05, 4.69) is 30.1 Å². The van der Waals surface area contributed by atoms with E-state index in [0.29, 0.717) is 56.4 Å². The second-order valence-corrected chi connectivity index (χ2v) is 5.91. The number of ether oxygens (including phenoxy) is 2. The highest BCUT2D eigenvalue weighted by Gasteiger charge is 2.15. The van der Waals surface area contributed by atoms with Crippen LogP contribution >= 0.6 is 0 Å². The van der Waals surface area contributed by atoms with E-state index in [1.807, 2.05) is 19.1 Å². The number of hydrogen-bond donors (Lipinski definition) is 4. The van der Waals surface area contributed by atoms with Gasteiger partial charge in [0.25, 0.3) is 6.47 Å². The highest BCUT2D eigenvalue weighted by Crippen LogP contribution is 2.23. The molecular formula is C20H33N5O5. The number of fused-ring (bicyclic) bond motifs is 1. The number of aliphatic hydroxyl groups is 1. The number of amides is 1. The van der Waals surface area contributed by atoms with Crippen molar-refractivity contribution in [3.63, 3.8) is 0 Å². The minimum absolute atomic E-state index is 0.0910. The molecule has 10 heteroatoms. The quantitative estimate of drug-likeness (QED) is 0.329. The number of nitrogens with zero attached hydrogens (tertiary/aromatic N) is 2. The van der Waals surface area contributed by atoms with Crippen LogP contribution in [0, 0.1) is 0 Å². The molecule has 0 atom stereocenters. The van der Waals surface area contributed by atoms with E-state index < -0.39 is 0 Å². The number of rotatable bonds is 9. The van der Waals surface area contributed by atoms with Crippen molar-refractivity contribution in [1.29, 1.82) is 0 Å². The number of aromatic nitrogens is 1. The summed E-state index contributed by atoms with van der Waals surface area (Å²) in [5.74, 6) is 0.880. The van der Waals surface area contributed by atoms with Gasteiger partial charge in [-0.1, -0.05) is 6.92 Å². The predicted octanol–water partition coefficient (Wildman–Crippen LogP) is 0.388. The zero-order valence-corrected chi connectivity index (χ0v) is 17.9. The fourth-order valence-electron chi connectivity index (χ4n) is 2.01. The van der Waals surface area contributed by atoms with Crippen LogP contribution in [0.15, 0.2) is 28.9 Å². The van der Waals surface area contributed by atoms with E-state index in [0.717, 1.165) is 12.0 Å². The summed E-state index contributed by atoms with van der Waals surface area (Å²) in [6.45, 7) is 4.82. The first-order chi connectivity index (χ1) is 14.5. The van der Waals surface area contributed by atoms with Crippen molar-refractivity contribution in [3.8, 4) is 0 Å². The molecule has 168 valence electrons. The van der Waals surface area contributed by atoms with Crippen LogP contribution in [0.2, 0.25) is 0 Å². The molecule has 2 rings (SSSR count). The Kier molecular flexibility index (Phi) is 16.5. The summed E-state index contributed by atoms with van der Waals surface area (Å²) in [6, 6.07) is 3.69. The number of pyridine rings is 1. The summed E-state index contributed by atoms with van der Waals surface area (Å²) in [7, 11) is 3.35. The Hall–Kier alpha value is -2.82. The average molecular weight is 424 g/mol. The Morgan fingerprint density at radius 2 is 2.13 bits per heavy atom. The summed E-state index contributed by atoms with van der Waals surface area (Å²) in [5, 5.41) is 13.6. The fourth-order valence-corrected chi connectivity index (χ4v) is 2.01. The van der Waals surface area contributed by atoms with Crippen LogP contribution in [-0.2, 0) is 19.1 Å². The van der Waals surface area contributed by atoms with Gasteiger partial charge in [-0.25, -0.2) is 9.98 Å². The molecule has 1 amide bonds. The summed E-state index contributed by atoms with van der Waals surface area (Å²) in [5.41, 5.74) is 7.24. The Morgan fingerprint density at radius 3 is 2.70 bits per heavy atom. The maximum atomic E-state index is 12.0. The monoisotopic (exact) mass is 423 g/mol. The summed E-state index contributed by atoms with van der Waals surface area (Å²) >= 11 is 0. The molecule has 0 bridgehead atoms. The van der Waals surface area contributed by atoms with Gasteiger partial charge in [-0.15, -0.1) is 0 Å². The van der Waals surface area contributed by atoms with Crippen molar-refractivity contribution >= 4 is 30.1 Å². The molecule has 0 spiro atoms. The molecule has 0 aliphatic carbocycles. The van der Waals surface area contributed by atoms with Crippen LogP contribution in [0.1, 0.15) is 25.3 Å². The van der Waals surface area contributed by atoms with Gasteiger partial charge in [-0.05, 0) is 31.7 Å². The zero-order chi connectivity index (χ0) is 22.6.